The Morgan fingerprint density at radius 2 is 1.78 bits per heavy atom. The van der Waals surface area contributed by atoms with Crippen LogP contribution in [-0.4, -0.2) is 31.7 Å². The van der Waals surface area contributed by atoms with Gasteiger partial charge in [-0.15, -0.1) is 0 Å². The highest BCUT2D eigenvalue weighted by molar-refractivity contribution is 8.18. The number of hydrogen-bond acceptors (Lipinski definition) is 4. The summed E-state index contributed by atoms with van der Waals surface area (Å²) >= 11 is 0.923. The lowest BCUT2D eigenvalue weighted by molar-refractivity contribution is -0.123. The highest BCUT2D eigenvalue weighted by Crippen LogP contribution is 2.35. The molecule has 1 aliphatic heterocycles. The van der Waals surface area contributed by atoms with Crippen LogP contribution in [0.3, 0.4) is 0 Å². The van der Waals surface area contributed by atoms with Crippen LogP contribution < -0.4 is 0 Å². The maximum Gasteiger partial charge on any atom is 0.337 e. The van der Waals surface area contributed by atoms with E-state index in [1.54, 1.807) is 30.3 Å². The molecule has 1 saturated heterocycles. The minimum Gasteiger partial charge on any atom is -0.478 e. The van der Waals surface area contributed by atoms with Crippen molar-refractivity contribution in [3.63, 3.8) is 0 Å². The van der Waals surface area contributed by atoms with Gasteiger partial charge in [-0.2, -0.15) is 0 Å². The second kappa shape index (κ2) is 8.51. The van der Waals surface area contributed by atoms with Crippen LogP contribution >= 0.6 is 11.8 Å². The Morgan fingerprint density at radius 1 is 1.03 bits per heavy atom. The molecule has 162 valence electrons. The summed E-state index contributed by atoms with van der Waals surface area (Å²) in [5.74, 6) is -1.33. The van der Waals surface area contributed by atoms with Gasteiger partial charge in [0.15, 0.2) is 0 Å². The van der Waals surface area contributed by atoms with Gasteiger partial charge in [0.2, 0.25) is 0 Å². The second-order valence-electron chi connectivity index (χ2n) is 7.74. The fourth-order valence-electron chi connectivity index (χ4n) is 3.92. The molecule has 0 bridgehead atoms. The van der Waals surface area contributed by atoms with Crippen LogP contribution in [-0.2, 0) is 11.3 Å². The van der Waals surface area contributed by atoms with E-state index in [9.17, 15) is 19.5 Å². The first kappa shape index (κ1) is 21.6. The molecule has 1 aliphatic rings. The third-order valence-electron chi connectivity index (χ3n) is 5.43. The zero-order valence-corrected chi connectivity index (χ0v) is 18.8. The maximum absolute atomic E-state index is 13.0. The molecule has 7 heteroatoms. The monoisotopic (exact) mass is 446 g/mol. The molecule has 2 aromatic carbocycles. The van der Waals surface area contributed by atoms with Gasteiger partial charge >= 0.3 is 5.97 Å². The molecule has 2 heterocycles. The average molecular weight is 447 g/mol. The van der Waals surface area contributed by atoms with Crippen molar-refractivity contribution in [1.82, 2.24) is 9.47 Å². The summed E-state index contributed by atoms with van der Waals surface area (Å²) in [6.45, 7) is 5.95. The fourth-order valence-corrected chi connectivity index (χ4v) is 4.75. The number of aromatic nitrogens is 1. The summed E-state index contributed by atoms with van der Waals surface area (Å²) in [5, 5.41) is 9.26. The molecule has 1 fully saturated rings. The molecule has 0 spiro atoms. The van der Waals surface area contributed by atoms with Gasteiger partial charge in [-0.25, -0.2) is 4.79 Å². The lowest BCUT2D eigenvalue weighted by atomic mass is 10.1. The van der Waals surface area contributed by atoms with Gasteiger partial charge in [0.25, 0.3) is 11.1 Å². The topological polar surface area (TPSA) is 79.6 Å². The van der Waals surface area contributed by atoms with Crippen LogP contribution in [0, 0.1) is 20.8 Å². The second-order valence-corrected chi connectivity index (χ2v) is 8.73. The molecule has 32 heavy (non-hydrogen) atoms. The van der Waals surface area contributed by atoms with E-state index < -0.39 is 5.97 Å². The van der Waals surface area contributed by atoms with E-state index in [4.69, 9.17) is 0 Å². The summed E-state index contributed by atoms with van der Waals surface area (Å²) in [4.78, 5) is 38.8. The summed E-state index contributed by atoms with van der Waals surface area (Å²) in [5.41, 5.74) is 5.12. The molecule has 2 amide bonds. The van der Waals surface area contributed by atoms with Gasteiger partial charge < -0.3 is 9.67 Å². The molecule has 1 aromatic heterocycles. The molecule has 4 rings (SSSR count). The Labute approximate surface area is 190 Å². The smallest absolute Gasteiger partial charge is 0.337 e. The van der Waals surface area contributed by atoms with Gasteiger partial charge in [0.1, 0.15) is 0 Å². The van der Waals surface area contributed by atoms with E-state index in [0.29, 0.717) is 10.6 Å². The minimum atomic E-state index is -1.01. The summed E-state index contributed by atoms with van der Waals surface area (Å²) in [6.07, 6.45) is 1.71. The molecular formula is C25H22N2O4S. The first-order valence-corrected chi connectivity index (χ1v) is 10.9. The summed E-state index contributed by atoms with van der Waals surface area (Å²) in [6, 6.07) is 16.4. The average Bonchev–Trinajstić information content (AvgIpc) is 3.17. The van der Waals surface area contributed by atoms with Crippen molar-refractivity contribution in [3.8, 4) is 5.69 Å². The Morgan fingerprint density at radius 3 is 2.50 bits per heavy atom. The molecule has 0 saturated carbocycles. The highest BCUT2D eigenvalue weighted by Gasteiger charge is 2.35. The molecule has 0 unspecified atom stereocenters. The van der Waals surface area contributed by atoms with Gasteiger partial charge in [-0.05, 0) is 67.9 Å². The number of nitrogens with zero attached hydrogens (tertiary/aromatic N) is 2. The predicted octanol–water partition coefficient (Wildman–Crippen LogP) is 5.34. The van der Waals surface area contributed by atoms with E-state index >= 15 is 0 Å². The van der Waals surface area contributed by atoms with Crippen LogP contribution in [0.1, 0.15) is 38.4 Å². The lowest BCUT2D eigenvalue weighted by Crippen LogP contribution is -2.27. The van der Waals surface area contributed by atoms with Crippen LogP contribution in [0.2, 0.25) is 0 Å². The summed E-state index contributed by atoms with van der Waals surface area (Å²) in [7, 11) is 0. The Kier molecular flexibility index (Phi) is 5.76. The zero-order chi connectivity index (χ0) is 23.0. The van der Waals surface area contributed by atoms with Crippen molar-refractivity contribution >= 4 is 35.0 Å². The first-order valence-electron chi connectivity index (χ1n) is 10.1. The van der Waals surface area contributed by atoms with Crippen molar-refractivity contribution in [2.24, 2.45) is 0 Å². The number of carbonyl (C=O) groups is 3. The van der Waals surface area contributed by atoms with Gasteiger partial charge in [-0.1, -0.05) is 42.0 Å². The third kappa shape index (κ3) is 3.99. The Balaban J connectivity index is 1.67. The minimum absolute atomic E-state index is 0.194. The molecule has 0 aliphatic carbocycles. The van der Waals surface area contributed by atoms with Crippen molar-refractivity contribution in [2.45, 2.75) is 27.3 Å². The number of thioether (sulfide) groups is 1. The Hall–Kier alpha value is -3.58. The molecule has 3 aromatic rings. The summed E-state index contributed by atoms with van der Waals surface area (Å²) < 4.78 is 1.85. The molecule has 6 nitrogen and oxygen atoms in total. The van der Waals surface area contributed by atoms with E-state index in [2.05, 4.69) is 0 Å². The van der Waals surface area contributed by atoms with E-state index in [1.807, 2.05) is 55.7 Å². The van der Waals surface area contributed by atoms with Crippen molar-refractivity contribution in [1.29, 1.82) is 0 Å². The van der Waals surface area contributed by atoms with Crippen LogP contribution in [0.5, 0.6) is 0 Å². The number of carbonyl (C=O) groups excluding carboxylic acids is 2. The quantitative estimate of drug-likeness (QED) is 0.536. The van der Waals surface area contributed by atoms with Gasteiger partial charge in [0, 0.05) is 11.4 Å². The number of amides is 2. The number of aromatic carboxylic acids is 1. The van der Waals surface area contributed by atoms with Crippen LogP contribution in [0.25, 0.3) is 11.8 Å². The van der Waals surface area contributed by atoms with Gasteiger partial charge in [-0.3, -0.25) is 14.5 Å². The number of benzene rings is 2. The standard InChI is InChI=1S/C25H22N2O4S/c1-15-7-6-8-18(11-15)14-26-23(28)22(32-25(26)31)13-19-12-16(2)27(17(19)3)21-10-5-4-9-20(21)24(29)30/h4-13H,14H2,1-3H3,(H,29,30)/b22-13-. The van der Waals surface area contributed by atoms with E-state index in [0.717, 1.165) is 39.8 Å². The number of imide groups is 1. The number of carboxylic acid groups (broad SMARTS) is 1. The van der Waals surface area contributed by atoms with Crippen molar-refractivity contribution < 1.29 is 19.5 Å². The highest BCUT2D eigenvalue weighted by atomic mass is 32.2. The van der Waals surface area contributed by atoms with Crippen molar-refractivity contribution in [2.75, 3.05) is 0 Å². The number of carboxylic acids is 1. The zero-order valence-electron chi connectivity index (χ0n) is 18.0. The normalized spacial score (nSPS) is 15.1. The van der Waals surface area contributed by atoms with Crippen molar-refractivity contribution in [3.05, 3.63) is 93.1 Å². The lowest BCUT2D eigenvalue weighted by Gasteiger charge is -2.13. The van der Waals surface area contributed by atoms with Gasteiger partial charge in [0.05, 0.1) is 22.7 Å². The van der Waals surface area contributed by atoms with Crippen LogP contribution in [0.15, 0.2) is 59.5 Å². The number of para-hydroxylation sites is 1. The molecular weight excluding hydrogens is 424 g/mol. The molecule has 0 atom stereocenters. The largest absolute Gasteiger partial charge is 0.478 e. The van der Waals surface area contributed by atoms with E-state index in [1.165, 1.54) is 4.90 Å². The Bertz CT molecular complexity index is 1290. The van der Waals surface area contributed by atoms with E-state index in [-0.39, 0.29) is 23.3 Å². The first-order chi connectivity index (χ1) is 15.3. The third-order valence-corrected chi connectivity index (χ3v) is 6.34. The van der Waals surface area contributed by atoms with Crippen LogP contribution in [0.4, 0.5) is 4.79 Å². The molecule has 1 N–H and O–H groups in total. The fraction of sp³-hybridized carbons (Fsp3) is 0.160. The number of hydrogen-bond donors (Lipinski definition) is 1. The molecule has 0 radical (unpaired) electrons. The maximum atomic E-state index is 13.0. The number of rotatable bonds is 5. The SMILES string of the molecule is Cc1cccc(CN2C(=O)S/C(=C\c3cc(C)n(-c4ccccc4C(=O)O)c3C)C2=O)c1. The predicted molar refractivity (Wildman–Crippen MR) is 125 cm³/mol. The number of aryl methyl sites for hydroxylation is 2.